The molecule has 1 N–H and O–H groups in total. The molecule has 1 nitrogen and oxygen atoms in total. The van der Waals surface area contributed by atoms with E-state index in [0.29, 0.717) is 11.8 Å². The maximum Gasteiger partial charge on any atom is 0.0896 e. The van der Waals surface area contributed by atoms with Gasteiger partial charge in [0.25, 0.3) is 0 Å². The molecule has 1 heteroatoms. The van der Waals surface area contributed by atoms with E-state index in [4.69, 9.17) is 0 Å². The fourth-order valence-corrected chi connectivity index (χ4v) is 2.09. The molecule has 0 heterocycles. The fourth-order valence-electron chi connectivity index (χ4n) is 2.09. The summed E-state index contributed by atoms with van der Waals surface area (Å²) < 4.78 is 0. The summed E-state index contributed by atoms with van der Waals surface area (Å²) >= 11 is 0. The summed E-state index contributed by atoms with van der Waals surface area (Å²) in [5.74, 6) is 1.000. The van der Waals surface area contributed by atoms with Crippen LogP contribution in [0, 0.1) is 5.92 Å². The van der Waals surface area contributed by atoms with Crippen LogP contribution in [0.5, 0.6) is 0 Å². The van der Waals surface area contributed by atoms with E-state index in [9.17, 15) is 5.11 Å². The van der Waals surface area contributed by atoms with Crippen LogP contribution in [0.25, 0.3) is 0 Å². The molecule has 1 aromatic rings. The summed E-state index contributed by atoms with van der Waals surface area (Å²) in [4.78, 5) is 0. The van der Waals surface area contributed by atoms with Crippen LogP contribution >= 0.6 is 0 Å². The van der Waals surface area contributed by atoms with E-state index in [0.717, 1.165) is 5.56 Å². The second kappa shape index (κ2) is 3.64. The normalized spacial score (nSPS) is 20.3. The molecular formula is C14H20O. The molecule has 0 bridgehead atoms. The van der Waals surface area contributed by atoms with Gasteiger partial charge in [0.1, 0.15) is 0 Å². The molecule has 0 aromatic heterocycles. The third kappa shape index (κ3) is 2.07. The molecule has 15 heavy (non-hydrogen) atoms. The van der Waals surface area contributed by atoms with Crippen molar-refractivity contribution >= 4 is 0 Å². The average Bonchev–Trinajstić information content (AvgIpc) is 3.01. The first-order valence-corrected chi connectivity index (χ1v) is 5.84. The third-order valence-electron chi connectivity index (χ3n) is 3.51. The smallest absolute Gasteiger partial charge is 0.0896 e. The van der Waals surface area contributed by atoms with Gasteiger partial charge in [-0.05, 0) is 42.7 Å². The van der Waals surface area contributed by atoms with Crippen LogP contribution in [0.2, 0.25) is 0 Å². The van der Waals surface area contributed by atoms with E-state index >= 15 is 0 Å². The van der Waals surface area contributed by atoms with Crippen LogP contribution in [0.3, 0.4) is 0 Å². The van der Waals surface area contributed by atoms with Crippen molar-refractivity contribution in [2.45, 2.75) is 45.1 Å². The monoisotopic (exact) mass is 204 g/mol. The van der Waals surface area contributed by atoms with Gasteiger partial charge in [-0.3, -0.25) is 0 Å². The van der Waals surface area contributed by atoms with Gasteiger partial charge in [0.15, 0.2) is 0 Å². The summed E-state index contributed by atoms with van der Waals surface area (Å²) in [6, 6.07) is 8.39. The van der Waals surface area contributed by atoms with Gasteiger partial charge in [-0.1, -0.05) is 38.1 Å². The largest absolute Gasteiger partial charge is 0.385 e. The molecule has 82 valence electrons. The van der Waals surface area contributed by atoms with Gasteiger partial charge in [-0.2, -0.15) is 0 Å². The molecule has 2 rings (SSSR count). The van der Waals surface area contributed by atoms with Crippen molar-refractivity contribution in [3.63, 3.8) is 0 Å². The lowest BCUT2D eigenvalue weighted by Crippen LogP contribution is -2.23. The molecule has 0 unspecified atom stereocenters. The standard InChI is InChI=1S/C14H20O/c1-10(2)11-5-4-6-13(9-11)14(3,15)12-7-8-12/h4-6,9-10,12,15H,7-8H2,1-3H3/t14-/m0/s1. The van der Waals surface area contributed by atoms with Gasteiger partial charge < -0.3 is 5.11 Å². The number of rotatable bonds is 3. The van der Waals surface area contributed by atoms with Crippen molar-refractivity contribution in [3.05, 3.63) is 35.4 Å². The zero-order valence-electron chi connectivity index (χ0n) is 9.83. The van der Waals surface area contributed by atoms with Crippen molar-refractivity contribution < 1.29 is 5.11 Å². The lowest BCUT2D eigenvalue weighted by atomic mass is 9.88. The number of hydrogen-bond donors (Lipinski definition) is 1. The van der Waals surface area contributed by atoms with E-state index in [1.165, 1.54) is 18.4 Å². The van der Waals surface area contributed by atoms with Crippen molar-refractivity contribution in [3.8, 4) is 0 Å². The van der Waals surface area contributed by atoms with Gasteiger partial charge in [0.2, 0.25) is 0 Å². The summed E-state index contributed by atoms with van der Waals surface area (Å²) in [5.41, 5.74) is 1.77. The van der Waals surface area contributed by atoms with Crippen molar-refractivity contribution in [2.75, 3.05) is 0 Å². The third-order valence-corrected chi connectivity index (χ3v) is 3.51. The number of aliphatic hydroxyl groups is 1. The van der Waals surface area contributed by atoms with Gasteiger partial charge in [-0.15, -0.1) is 0 Å². The molecule has 1 fully saturated rings. The minimum Gasteiger partial charge on any atom is -0.385 e. The summed E-state index contributed by atoms with van der Waals surface area (Å²) in [7, 11) is 0. The minimum absolute atomic E-state index is 0.472. The Kier molecular flexibility index (Phi) is 2.59. The SMILES string of the molecule is CC(C)c1cccc([C@@](C)(O)C2CC2)c1. The minimum atomic E-state index is -0.620. The fraction of sp³-hybridized carbons (Fsp3) is 0.571. The maximum atomic E-state index is 10.4. The molecule has 0 saturated heterocycles. The second-order valence-corrected chi connectivity index (χ2v) is 5.20. The number of hydrogen-bond acceptors (Lipinski definition) is 1. The zero-order valence-corrected chi connectivity index (χ0v) is 9.83. The van der Waals surface area contributed by atoms with Gasteiger partial charge in [0.05, 0.1) is 5.60 Å². The summed E-state index contributed by atoms with van der Waals surface area (Å²) in [5, 5.41) is 10.4. The predicted molar refractivity (Wildman–Crippen MR) is 62.8 cm³/mol. The van der Waals surface area contributed by atoms with Crippen LogP contribution in [0.1, 0.15) is 50.7 Å². The van der Waals surface area contributed by atoms with Gasteiger partial charge in [-0.25, -0.2) is 0 Å². The molecule has 1 aliphatic rings. The van der Waals surface area contributed by atoms with E-state index in [1.54, 1.807) is 0 Å². The highest BCUT2D eigenvalue weighted by atomic mass is 16.3. The average molecular weight is 204 g/mol. The molecule has 1 saturated carbocycles. The Morgan fingerprint density at radius 1 is 1.33 bits per heavy atom. The van der Waals surface area contributed by atoms with Crippen molar-refractivity contribution in [1.29, 1.82) is 0 Å². The van der Waals surface area contributed by atoms with Crippen molar-refractivity contribution in [1.82, 2.24) is 0 Å². The highest BCUT2D eigenvalue weighted by Gasteiger charge is 2.41. The lowest BCUT2D eigenvalue weighted by molar-refractivity contribution is 0.0330. The van der Waals surface area contributed by atoms with Gasteiger partial charge >= 0.3 is 0 Å². The first-order chi connectivity index (χ1) is 7.01. The van der Waals surface area contributed by atoms with E-state index < -0.39 is 5.60 Å². The van der Waals surface area contributed by atoms with Crippen LogP contribution in [-0.4, -0.2) is 5.11 Å². The Balaban J connectivity index is 2.31. The first-order valence-electron chi connectivity index (χ1n) is 5.84. The van der Waals surface area contributed by atoms with E-state index in [1.807, 2.05) is 13.0 Å². The lowest BCUT2D eigenvalue weighted by Gasteiger charge is -2.24. The van der Waals surface area contributed by atoms with Crippen LogP contribution in [-0.2, 0) is 5.60 Å². The molecular weight excluding hydrogens is 184 g/mol. The maximum absolute atomic E-state index is 10.4. The second-order valence-electron chi connectivity index (χ2n) is 5.20. The van der Waals surface area contributed by atoms with Gasteiger partial charge in [0, 0.05) is 0 Å². The molecule has 1 atom stereocenters. The Bertz CT molecular complexity index is 348. The summed E-state index contributed by atoms with van der Waals surface area (Å²) in [6.07, 6.45) is 2.33. The molecule has 0 radical (unpaired) electrons. The molecule has 0 amide bonds. The Hall–Kier alpha value is -0.820. The molecule has 1 aliphatic carbocycles. The highest BCUT2D eigenvalue weighted by molar-refractivity contribution is 5.30. The topological polar surface area (TPSA) is 20.2 Å². The van der Waals surface area contributed by atoms with E-state index in [-0.39, 0.29) is 0 Å². The quantitative estimate of drug-likeness (QED) is 0.799. The first kappa shape index (κ1) is 10.7. The predicted octanol–water partition coefficient (Wildman–Crippen LogP) is 3.43. The highest BCUT2D eigenvalue weighted by Crippen LogP contribution is 2.45. The zero-order chi connectivity index (χ0) is 11.1. The summed E-state index contributed by atoms with van der Waals surface area (Å²) in [6.45, 7) is 6.32. The Morgan fingerprint density at radius 2 is 2.00 bits per heavy atom. The molecule has 1 aromatic carbocycles. The van der Waals surface area contributed by atoms with Crippen LogP contribution in [0.15, 0.2) is 24.3 Å². The number of benzene rings is 1. The Labute approximate surface area is 92.1 Å². The van der Waals surface area contributed by atoms with Crippen LogP contribution < -0.4 is 0 Å². The van der Waals surface area contributed by atoms with Crippen LogP contribution in [0.4, 0.5) is 0 Å². The molecule has 0 aliphatic heterocycles. The van der Waals surface area contributed by atoms with Crippen molar-refractivity contribution in [2.24, 2.45) is 5.92 Å². The molecule has 0 spiro atoms. The Morgan fingerprint density at radius 3 is 2.53 bits per heavy atom. The van der Waals surface area contributed by atoms with E-state index in [2.05, 4.69) is 32.0 Å².